The summed E-state index contributed by atoms with van der Waals surface area (Å²) in [7, 11) is 0. The fraction of sp³-hybridized carbons (Fsp3) is 0. The molecular weight excluding hydrogens is 380 g/mol. The molecule has 0 aliphatic heterocycles. The molecule has 2 aromatic carbocycles. The molecule has 0 atom stereocenters. The van der Waals surface area contributed by atoms with Gasteiger partial charge in [-0.2, -0.15) is 5.10 Å². The van der Waals surface area contributed by atoms with E-state index in [9.17, 15) is 9.59 Å². The average Bonchev–Trinajstić information content (AvgIpc) is 3.46. The van der Waals surface area contributed by atoms with Crippen molar-refractivity contribution in [2.75, 3.05) is 0 Å². The van der Waals surface area contributed by atoms with Gasteiger partial charge >= 0.3 is 5.97 Å². The van der Waals surface area contributed by atoms with E-state index in [0.29, 0.717) is 5.56 Å². The predicted octanol–water partition coefficient (Wildman–Crippen LogP) is 3.73. The Morgan fingerprint density at radius 2 is 1.60 bits per heavy atom. The van der Waals surface area contributed by atoms with Crippen molar-refractivity contribution in [1.82, 2.24) is 14.6 Å². The summed E-state index contributed by atoms with van der Waals surface area (Å²) in [5, 5.41) is 13.1. The number of aromatic carboxylic acids is 1. The van der Waals surface area contributed by atoms with Gasteiger partial charge in [-0.15, -0.1) is 0 Å². The van der Waals surface area contributed by atoms with Crippen LogP contribution in [0.2, 0.25) is 0 Å². The molecule has 4 rings (SSSR count). The summed E-state index contributed by atoms with van der Waals surface area (Å²) in [5.41, 5.74) is 5.57. The van der Waals surface area contributed by atoms with E-state index in [1.807, 2.05) is 64.1 Å². The molecule has 1 amide bonds. The van der Waals surface area contributed by atoms with Crippen LogP contribution in [0, 0.1) is 0 Å². The molecule has 0 fully saturated rings. The maximum Gasteiger partial charge on any atom is 0.335 e. The zero-order valence-electron chi connectivity index (χ0n) is 15.8. The van der Waals surface area contributed by atoms with E-state index >= 15 is 0 Å². The van der Waals surface area contributed by atoms with Crippen molar-refractivity contribution in [3.8, 4) is 11.4 Å². The molecule has 2 aromatic heterocycles. The third-order valence-corrected chi connectivity index (χ3v) is 4.57. The summed E-state index contributed by atoms with van der Waals surface area (Å²) >= 11 is 0. The Morgan fingerprint density at radius 1 is 0.867 bits per heavy atom. The molecule has 2 heterocycles. The molecule has 0 bridgehead atoms. The van der Waals surface area contributed by atoms with Crippen molar-refractivity contribution in [3.05, 3.63) is 108 Å². The summed E-state index contributed by atoms with van der Waals surface area (Å²) in [6.07, 6.45) is 7.12. The molecule has 0 saturated heterocycles. The Hall–Kier alpha value is -4.39. The van der Waals surface area contributed by atoms with E-state index in [1.54, 1.807) is 42.6 Å². The number of rotatable bonds is 6. The van der Waals surface area contributed by atoms with Crippen LogP contribution in [-0.4, -0.2) is 32.3 Å². The van der Waals surface area contributed by atoms with Gasteiger partial charge in [0.2, 0.25) is 0 Å². The number of amides is 1. The number of carboxylic acid groups (broad SMARTS) is 1. The smallest absolute Gasteiger partial charge is 0.335 e. The molecule has 0 spiro atoms. The maximum atomic E-state index is 12.6. The highest BCUT2D eigenvalue weighted by Crippen LogP contribution is 2.15. The summed E-state index contributed by atoms with van der Waals surface area (Å²) in [6, 6.07) is 21.3. The monoisotopic (exact) mass is 398 g/mol. The fourth-order valence-corrected chi connectivity index (χ4v) is 3.10. The number of nitrogens with one attached hydrogen (secondary N) is 1. The Balaban J connectivity index is 1.51. The van der Waals surface area contributed by atoms with E-state index in [0.717, 1.165) is 17.1 Å². The minimum atomic E-state index is -0.973. The van der Waals surface area contributed by atoms with Crippen LogP contribution in [-0.2, 0) is 0 Å². The predicted molar refractivity (Wildman–Crippen MR) is 114 cm³/mol. The lowest BCUT2D eigenvalue weighted by molar-refractivity contribution is 0.0696. The zero-order valence-corrected chi connectivity index (χ0v) is 15.8. The molecule has 0 radical (unpaired) electrons. The number of carbonyl (C=O) groups excluding carboxylic acids is 1. The lowest BCUT2D eigenvalue weighted by atomic mass is 10.1. The highest BCUT2D eigenvalue weighted by Gasteiger charge is 2.11. The normalized spacial score (nSPS) is 10.9. The van der Waals surface area contributed by atoms with Gasteiger partial charge in [0.15, 0.2) is 0 Å². The third-order valence-electron chi connectivity index (χ3n) is 4.57. The largest absolute Gasteiger partial charge is 0.478 e. The summed E-state index contributed by atoms with van der Waals surface area (Å²) in [4.78, 5) is 23.7. The van der Waals surface area contributed by atoms with Gasteiger partial charge in [-0.1, -0.05) is 12.1 Å². The third kappa shape index (κ3) is 3.90. The summed E-state index contributed by atoms with van der Waals surface area (Å²) in [6.45, 7) is 0. The van der Waals surface area contributed by atoms with Gasteiger partial charge in [0.1, 0.15) is 0 Å². The topological polar surface area (TPSA) is 88.6 Å². The second-order valence-electron chi connectivity index (χ2n) is 6.46. The molecule has 148 valence electrons. The van der Waals surface area contributed by atoms with Crippen LogP contribution in [0.5, 0.6) is 0 Å². The molecule has 0 unspecified atom stereocenters. The molecule has 0 saturated carbocycles. The Bertz CT molecular complexity index is 1210. The number of benzene rings is 2. The van der Waals surface area contributed by atoms with Crippen molar-refractivity contribution < 1.29 is 14.7 Å². The van der Waals surface area contributed by atoms with Crippen LogP contribution < -0.4 is 5.43 Å². The number of carbonyl (C=O) groups is 2. The zero-order chi connectivity index (χ0) is 20.9. The van der Waals surface area contributed by atoms with Crippen molar-refractivity contribution in [2.24, 2.45) is 5.10 Å². The molecular formula is C23H18N4O3. The van der Waals surface area contributed by atoms with E-state index in [4.69, 9.17) is 5.11 Å². The van der Waals surface area contributed by atoms with Crippen LogP contribution in [0.4, 0.5) is 0 Å². The van der Waals surface area contributed by atoms with Crippen LogP contribution >= 0.6 is 0 Å². The van der Waals surface area contributed by atoms with Gasteiger partial charge < -0.3 is 14.2 Å². The van der Waals surface area contributed by atoms with Crippen molar-refractivity contribution in [1.29, 1.82) is 0 Å². The molecule has 0 aliphatic carbocycles. The van der Waals surface area contributed by atoms with Crippen LogP contribution in [0.15, 0.2) is 96.5 Å². The second kappa shape index (κ2) is 8.32. The van der Waals surface area contributed by atoms with Gasteiger partial charge in [-0.05, 0) is 60.7 Å². The van der Waals surface area contributed by atoms with E-state index < -0.39 is 5.97 Å². The first-order valence-corrected chi connectivity index (χ1v) is 9.20. The molecule has 30 heavy (non-hydrogen) atoms. The lowest BCUT2D eigenvalue weighted by Crippen LogP contribution is -2.19. The van der Waals surface area contributed by atoms with Crippen LogP contribution in [0.25, 0.3) is 11.4 Å². The maximum absolute atomic E-state index is 12.6. The van der Waals surface area contributed by atoms with Gasteiger partial charge in [0.25, 0.3) is 5.91 Å². The number of hydrogen-bond donors (Lipinski definition) is 2. The average molecular weight is 398 g/mol. The second-order valence-corrected chi connectivity index (χ2v) is 6.46. The molecule has 4 aromatic rings. The first kappa shape index (κ1) is 18.9. The number of aromatic nitrogens is 2. The van der Waals surface area contributed by atoms with Crippen LogP contribution in [0.3, 0.4) is 0 Å². The molecule has 2 N–H and O–H groups in total. The minimum absolute atomic E-state index is 0.217. The van der Waals surface area contributed by atoms with Gasteiger partial charge in [-0.25, -0.2) is 10.2 Å². The highest BCUT2D eigenvalue weighted by atomic mass is 16.4. The summed E-state index contributed by atoms with van der Waals surface area (Å²) in [5.74, 6) is -1.29. The van der Waals surface area contributed by atoms with E-state index in [1.165, 1.54) is 0 Å². The first-order chi connectivity index (χ1) is 14.6. The van der Waals surface area contributed by atoms with Gasteiger partial charge in [-0.3, -0.25) is 4.79 Å². The molecule has 7 nitrogen and oxygen atoms in total. The lowest BCUT2D eigenvalue weighted by Gasteiger charge is -2.09. The standard InChI is InChI=1S/C23H18N4O3/c28-22(20-7-1-2-8-21(20)26-13-3-4-14-26)25-24-16-19-6-5-15-27(19)18-11-9-17(10-12-18)23(29)30/h1-16H,(H,25,28)(H,29,30)/b24-16-. The van der Waals surface area contributed by atoms with Gasteiger partial charge in [0, 0.05) is 24.3 Å². The minimum Gasteiger partial charge on any atom is -0.478 e. The number of nitrogens with zero attached hydrogens (tertiary/aromatic N) is 3. The Morgan fingerprint density at radius 3 is 2.33 bits per heavy atom. The number of carboxylic acids is 1. The number of hydrogen-bond acceptors (Lipinski definition) is 3. The number of para-hydroxylation sites is 1. The Kier molecular flexibility index (Phi) is 5.25. The van der Waals surface area contributed by atoms with Crippen molar-refractivity contribution >= 4 is 18.1 Å². The molecule has 0 aliphatic rings. The molecule has 7 heteroatoms. The van der Waals surface area contributed by atoms with E-state index in [-0.39, 0.29) is 11.5 Å². The number of hydrazone groups is 1. The van der Waals surface area contributed by atoms with Gasteiger partial charge in [0.05, 0.1) is 28.7 Å². The first-order valence-electron chi connectivity index (χ1n) is 9.20. The van der Waals surface area contributed by atoms with Crippen molar-refractivity contribution in [2.45, 2.75) is 0 Å². The fourth-order valence-electron chi connectivity index (χ4n) is 3.10. The summed E-state index contributed by atoms with van der Waals surface area (Å²) < 4.78 is 3.71. The van der Waals surface area contributed by atoms with Crippen molar-refractivity contribution in [3.63, 3.8) is 0 Å². The van der Waals surface area contributed by atoms with Crippen LogP contribution in [0.1, 0.15) is 26.4 Å². The quantitative estimate of drug-likeness (QED) is 0.383. The Labute approximate surface area is 172 Å². The van der Waals surface area contributed by atoms with E-state index in [2.05, 4.69) is 10.5 Å². The SMILES string of the molecule is O=C(O)c1ccc(-n2cccc2/C=N\NC(=O)c2ccccc2-n2cccc2)cc1. The highest BCUT2D eigenvalue weighted by molar-refractivity contribution is 5.98.